The van der Waals surface area contributed by atoms with Gasteiger partial charge in [-0.2, -0.15) is 0 Å². The van der Waals surface area contributed by atoms with Crippen LogP contribution < -0.4 is 0 Å². The zero-order valence-electron chi connectivity index (χ0n) is 15.9. The molecule has 0 unspecified atom stereocenters. The standard InChI is InChI=1S/C22H27ClN2O2/c1-24-11-9-19(10-12-24)25(2)22(27)15-21(16-5-3-7-18(23)13-16)17-6-4-8-20(26)14-17/h3-8,13-14,19,21,26H,9-12,15H2,1-2H3/t21-/m1/s1. The number of benzene rings is 2. The van der Waals surface area contributed by atoms with Crippen molar-refractivity contribution in [2.45, 2.75) is 31.2 Å². The molecule has 1 saturated heterocycles. The average Bonchev–Trinajstić information content (AvgIpc) is 2.66. The fourth-order valence-corrected chi connectivity index (χ4v) is 4.00. The minimum atomic E-state index is -0.142. The Kier molecular flexibility index (Phi) is 6.40. The SMILES string of the molecule is CN1CCC(N(C)C(=O)C[C@@H](c2cccc(O)c2)c2cccc(Cl)c2)CC1. The molecular weight excluding hydrogens is 360 g/mol. The number of piperidine rings is 1. The second kappa shape index (κ2) is 8.77. The molecule has 5 heteroatoms. The smallest absolute Gasteiger partial charge is 0.223 e. The molecule has 2 aromatic carbocycles. The van der Waals surface area contributed by atoms with Crippen molar-refractivity contribution >= 4 is 17.5 Å². The number of hydrogen-bond donors (Lipinski definition) is 1. The van der Waals surface area contributed by atoms with Crippen molar-refractivity contribution in [2.75, 3.05) is 27.2 Å². The van der Waals surface area contributed by atoms with E-state index in [2.05, 4.69) is 11.9 Å². The van der Waals surface area contributed by atoms with Crippen LogP contribution in [0.15, 0.2) is 48.5 Å². The Morgan fingerprint density at radius 3 is 2.44 bits per heavy atom. The molecule has 0 aliphatic carbocycles. The van der Waals surface area contributed by atoms with Crippen LogP contribution in [-0.2, 0) is 4.79 Å². The quantitative estimate of drug-likeness (QED) is 0.840. The third-order valence-corrected chi connectivity index (χ3v) is 5.77. The summed E-state index contributed by atoms with van der Waals surface area (Å²) in [6.07, 6.45) is 2.37. The normalized spacial score (nSPS) is 16.9. The van der Waals surface area contributed by atoms with Gasteiger partial charge in [0.1, 0.15) is 5.75 Å². The van der Waals surface area contributed by atoms with Gasteiger partial charge in [0.25, 0.3) is 0 Å². The highest BCUT2D eigenvalue weighted by Gasteiger charge is 2.27. The predicted octanol–water partition coefficient (Wildman–Crippen LogP) is 4.12. The van der Waals surface area contributed by atoms with Crippen LogP contribution in [0.4, 0.5) is 0 Å². The van der Waals surface area contributed by atoms with Crippen molar-refractivity contribution in [1.29, 1.82) is 0 Å². The second-order valence-corrected chi connectivity index (χ2v) is 7.88. The van der Waals surface area contributed by atoms with Gasteiger partial charge in [-0.1, -0.05) is 35.9 Å². The maximum atomic E-state index is 13.1. The van der Waals surface area contributed by atoms with E-state index in [4.69, 9.17) is 11.6 Å². The van der Waals surface area contributed by atoms with E-state index in [-0.39, 0.29) is 23.6 Å². The highest BCUT2D eigenvalue weighted by molar-refractivity contribution is 6.30. The highest BCUT2D eigenvalue weighted by Crippen LogP contribution is 2.32. The minimum absolute atomic E-state index is 0.123. The van der Waals surface area contributed by atoms with Gasteiger partial charge in [0.15, 0.2) is 0 Å². The summed E-state index contributed by atoms with van der Waals surface area (Å²) in [6, 6.07) is 15.1. The van der Waals surface area contributed by atoms with Crippen LogP contribution >= 0.6 is 11.6 Å². The number of halogens is 1. The lowest BCUT2D eigenvalue weighted by atomic mass is 9.87. The maximum Gasteiger partial charge on any atom is 0.223 e. The van der Waals surface area contributed by atoms with Gasteiger partial charge in [0.05, 0.1) is 0 Å². The molecule has 3 rings (SSSR count). The molecule has 0 saturated carbocycles. The van der Waals surface area contributed by atoms with E-state index < -0.39 is 0 Å². The van der Waals surface area contributed by atoms with Crippen molar-refractivity contribution in [2.24, 2.45) is 0 Å². The van der Waals surface area contributed by atoms with Crippen LogP contribution in [0.5, 0.6) is 5.75 Å². The van der Waals surface area contributed by atoms with Crippen LogP contribution in [0.3, 0.4) is 0 Å². The third-order valence-electron chi connectivity index (χ3n) is 5.53. The van der Waals surface area contributed by atoms with Crippen molar-refractivity contribution in [3.8, 4) is 5.75 Å². The van der Waals surface area contributed by atoms with E-state index in [1.165, 1.54) is 0 Å². The monoisotopic (exact) mass is 386 g/mol. The summed E-state index contributed by atoms with van der Waals surface area (Å²) in [4.78, 5) is 17.3. The lowest BCUT2D eigenvalue weighted by Gasteiger charge is -2.35. The lowest BCUT2D eigenvalue weighted by molar-refractivity contribution is -0.133. The van der Waals surface area contributed by atoms with Crippen molar-refractivity contribution < 1.29 is 9.90 Å². The van der Waals surface area contributed by atoms with Crippen LogP contribution in [0.2, 0.25) is 5.02 Å². The van der Waals surface area contributed by atoms with Crippen LogP contribution in [-0.4, -0.2) is 54.0 Å². The molecule has 2 aromatic rings. The Balaban J connectivity index is 1.82. The molecule has 4 nitrogen and oxygen atoms in total. The molecule has 1 aliphatic rings. The molecule has 1 aliphatic heterocycles. The number of carbonyl (C=O) groups is 1. The number of phenolic OH excluding ortho intramolecular Hbond substituents is 1. The largest absolute Gasteiger partial charge is 0.508 e. The van der Waals surface area contributed by atoms with Gasteiger partial charge in [0.2, 0.25) is 5.91 Å². The zero-order chi connectivity index (χ0) is 19.4. The fourth-order valence-electron chi connectivity index (χ4n) is 3.80. The predicted molar refractivity (Wildman–Crippen MR) is 109 cm³/mol. The number of phenols is 1. The maximum absolute atomic E-state index is 13.1. The molecule has 0 aromatic heterocycles. The van der Waals surface area contributed by atoms with Crippen molar-refractivity contribution in [1.82, 2.24) is 9.80 Å². The number of carbonyl (C=O) groups excluding carboxylic acids is 1. The molecular formula is C22H27ClN2O2. The summed E-state index contributed by atoms with van der Waals surface area (Å²) in [7, 11) is 4.03. The van der Waals surface area contributed by atoms with Crippen LogP contribution in [0.25, 0.3) is 0 Å². The number of nitrogens with zero attached hydrogens (tertiary/aromatic N) is 2. The summed E-state index contributed by atoms with van der Waals surface area (Å²) in [6.45, 7) is 2.04. The summed E-state index contributed by atoms with van der Waals surface area (Å²) >= 11 is 6.19. The summed E-state index contributed by atoms with van der Waals surface area (Å²) in [5.74, 6) is 0.186. The number of aromatic hydroxyl groups is 1. The Hall–Kier alpha value is -2.04. The van der Waals surface area contributed by atoms with Gasteiger partial charge in [-0.05, 0) is 68.4 Å². The van der Waals surface area contributed by atoms with Crippen LogP contribution in [0.1, 0.15) is 36.3 Å². The molecule has 1 fully saturated rings. The Labute approximate surface area is 166 Å². The van der Waals surface area contributed by atoms with E-state index in [0.717, 1.165) is 37.1 Å². The van der Waals surface area contributed by atoms with Gasteiger partial charge in [0, 0.05) is 30.5 Å². The van der Waals surface area contributed by atoms with E-state index >= 15 is 0 Å². The number of hydrogen-bond acceptors (Lipinski definition) is 3. The topological polar surface area (TPSA) is 43.8 Å². The Morgan fingerprint density at radius 2 is 1.81 bits per heavy atom. The molecule has 0 bridgehead atoms. The molecule has 0 radical (unpaired) electrons. The molecule has 0 spiro atoms. The minimum Gasteiger partial charge on any atom is -0.508 e. The van der Waals surface area contributed by atoms with E-state index in [0.29, 0.717) is 11.4 Å². The summed E-state index contributed by atoms with van der Waals surface area (Å²) in [5.41, 5.74) is 1.90. The molecule has 1 atom stereocenters. The number of likely N-dealkylation sites (tertiary alicyclic amines) is 1. The van der Waals surface area contributed by atoms with E-state index in [9.17, 15) is 9.90 Å². The van der Waals surface area contributed by atoms with Gasteiger partial charge < -0.3 is 14.9 Å². The van der Waals surface area contributed by atoms with E-state index in [1.54, 1.807) is 12.1 Å². The number of rotatable bonds is 5. The number of amides is 1. The Bertz CT molecular complexity index is 742. The molecule has 1 N–H and O–H groups in total. The van der Waals surface area contributed by atoms with Crippen molar-refractivity contribution in [3.63, 3.8) is 0 Å². The fraction of sp³-hybridized carbons (Fsp3) is 0.409. The molecule has 144 valence electrons. The molecule has 27 heavy (non-hydrogen) atoms. The first-order valence-electron chi connectivity index (χ1n) is 9.42. The molecule has 1 amide bonds. The summed E-state index contributed by atoms with van der Waals surface area (Å²) in [5, 5.41) is 10.6. The zero-order valence-corrected chi connectivity index (χ0v) is 16.7. The van der Waals surface area contributed by atoms with Gasteiger partial charge in [-0.15, -0.1) is 0 Å². The van der Waals surface area contributed by atoms with Crippen molar-refractivity contribution in [3.05, 3.63) is 64.7 Å². The molecule has 1 heterocycles. The third kappa shape index (κ3) is 5.02. The van der Waals surface area contributed by atoms with Gasteiger partial charge in [-0.3, -0.25) is 4.79 Å². The first-order chi connectivity index (χ1) is 12.9. The Morgan fingerprint density at radius 1 is 1.19 bits per heavy atom. The summed E-state index contributed by atoms with van der Waals surface area (Å²) < 4.78 is 0. The van der Waals surface area contributed by atoms with E-state index in [1.807, 2.05) is 48.3 Å². The van der Waals surface area contributed by atoms with Gasteiger partial charge >= 0.3 is 0 Å². The average molecular weight is 387 g/mol. The highest BCUT2D eigenvalue weighted by atomic mass is 35.5. The van der Waals surface area contributed by atoms with Gasteiger partial charge in [-0.25, -0.2) is 0 Å². The lowest BCUT2D eigenvalue weighted by Crippen LogP contribution is -2.44. The first-order valence-corrected chi connectivity index (χ1v) is 9.80. The second-order valence-electron chi connectivity index (χ2n) is 7.45. The first kappa shape index (κ1) is 19.7. The van der Waals surface area contributed by atoms with Crippen LogP contribution in [0, 0.1) is 0 Å².